The molecule has 100 valence electrons. The second-order valence-corrected chi connectivity index (χ2v) is 5.61. The molecule has 0 saturated carbocycles. The lowest BCUT2D eigenvalue weighted by molar-refractivity contribution is 0.326. The lowest BCUT2D eigenvalue weighted by atomic mass is 9.87. The summed E-state index contributed by atoms with van der Waals surface area (Å²) in [7, 11) is 0. The van der Waals surface area contributed by atoms with E-state index < -0.39 is 0 Å². The molecular formula is C16H26N2. The predicted molar refractivity (Wildman–Crippen MR) is 77.7 cm³/mol. The summed E-state index contributed by atoms with van der Waals surface area (Å²) in [5.74, 6) is 1.24. The summed E-state index contributed by atoms with van der Waals surface area (Å²) in [5, 5.41) is 3.44. The minimum absolute atomic E-state index is 0.184. The van der Waals surface area contributed by atoms with Gasteiger partial charge in [0.25, 0.3) is 0 Å². The molecule has 1 aromatic carbocycles. The maximum absolute atomic E-state index is 6.39. The van der Waals surface area contributed by atoms with Crippen molar-refractivity contribution >= 4 is 0 Å². The molecule has 3 N–H and O–H groups in total. The van der Waals surface area contributed by atoms with E-state index in [-0.39, 0.29) is 6.04 Å². The van der Waals surface area contributed by atoms with E-state index in [1.807, 2.05) is 0 Å². The highest BCUT2D eigenvalue weighted by atomic mass is 14.9. The zero-order valence-electron chi connectivity index (χ0n) is 11.7. The lowest BCUT2D eigenvalue weighted by Crippen LogP contribution is -2.36. The molecule has 0 bridgehead atoms. The van der Waals surface area contributed by atoms with Crippen LogP contribution < -0.4 is 11.1 Å². The van der Waals surface area contributed by atoms with Gasteiger partial charge in [0.1, 0.15) is 0 Å². The number of nitrogens with two attached hydrogens (primary N) is 1. The molecule has 2 heteroatoms. The first kappa shape index (κ1) is 13.6. The molecule has 0 radical (unpaired) electrons. The van der Waals surface area contributed by atoms with Gasteiger partial charge in [0.05, 0.1) is 0 Å². The molecule has 1 aromatic rings. The standard InChI is InChI=1S/C16H26N2/c1-3-12(2)13-6-8-14(9-7-13)16(17)15-5-4-10-18-11-15/h6-9,12,15-16,18H,3-5,10-11,17H2,1-2H3. The summed E-state index contributed by atoms with van der Waals surface area (Å²) in [6.07, 6.45) is 3.70. The van der Waals surface area contributed by atoms with Crippen molar-refractivity contribution < 1.29 is 0 Å². The zero-order valence-corrected chi connectivity index (χ0v) is 11.7. The fraction of sp³-hybridized carbons (Fsp3) is 0.625. The Labute approximate surface area is 111 Å². The largest absolute Gasteiger partial charge is 0.324 e. The summed E-state index contributed by atoms with van der Waals surface area (Å²) in [5.41, 5.74) is 9.10. The van der Waals surface area contributed by atoms with Crippen LogP contribution in [0.4, 0.5) is 0 Å². The molecule has 0 aromatic heterocycles. The van der Waals surface area contributed by atoms with Crippen LogP contribution in [0.2, 0.25) is 0 Å². The molecule has 2 nitrogen and oxygen atoms in total. The van der Waals surface area contributed by atoms with Crippen LogP contribution in [0, 0.1) is 5.92 Å². The van der Waals surface area contributed by atoms with Gasteiger partial charge >= 0.3 is 0 Å². The molecule has 1 heterocycles. The third kappa shape index (κ3) is 3.12. The Kier molecular flexibility index (Phi) is 4.79. The Morgan fingerprint density at radius 3 is 2.50 bits per heavy atom. The molecule has 0 spiro atoms. The third-order valence-corrected chi connectivity index (χ3v) is 4.35. The summed E-state index contributed by atoms with van der Waals surface area (Å²) < 4.78 is 0. The summed E-state index contributed by atoms with van der Waals surface area (Å²) in [4.78, 5) is 0. The molecule has 1 aliphatic heterocycles. The van der Waals surface area contributed by atoms with Gasteiger partial charge in [-0.25, -0.2) is 0 Å². The van der Waals surface area contributed by atoms with Gasteiger partial charge in [-0.3, -0.25) is 0 Å². The third-order valence-electron chi connectivity index (χ3n) is 4.35. The second kappa shape index (κ2) is 6.35. The van der Waals surface area contributed by atoms with Gasteiger partial charge in [-0.2, -0.15) is 0 Å². The number of rotatable bonds is 4. The van der Waals surface area contributed by atoms with Crippen molar-refractivity contribution in [3.63, 3.8) is 0 Å². The van der Waals surface area contributed by atoms with Crippen molar-refractivity contribution in [1.29, 1.82) is 0 Å². The Morgan fingerprint density at radius 2 is 1.94 bits per heavy atom. The van der Waals surface area contributed by atoms with Gasteiger partial charge in [0.2, 0.25) is 0 Å². The topological polar surface area (TPSA) is 38.0 Å². The highest BCUT2D eigenvalue weighted by molar-refractivity contribution is 5.27. The van der Waals surface area contributed by atoms with Gasteiger partial charge in [-0.15, -0.1) is 0 Å². The number of piperidine rings is 1. The lowest BCUT2D eigenvalue weighted by Gasteiger charge is -2.28. The van der Waals surface area contributed by atoms with Crippen molar-refractivity contribution in [2.75, 3.05) is 13.1 Å². The molecular weight excluding hydrogens is 220 g/mol. The van der Waals surface area contributed by atoms with E-state index >= 15 is 0 Å². The number of nitrogens with one attached hydrogen (secondary N) is 1. The van der Waals surface area contributed by atoms with Crippen LogP contribution in [0.5, 0.6) is 0 Å². The van der Waals surface area contributed by atoms with E-state index in [0.29, 0.717) is 11.8 Å². The van der Waals surface area contributed by atoms with Crippen LogP contribution in [0.1, 0.15) is 56.2 Å². The number of hydrogen-bond acceptors (Lipinski definition) is 2. The minimum atomic E-state index is 0.184. The Hall–Kier alpha value is -0.860. The highest BCUT2D eigenvalue weighted by Crippen LogP contribution is 2.27. The second-order valence-electron chi connectivity index (χ2n) is 5.61. The Balaban J connectivity index is 2.03. The molecule has 3 unspecified atom stereocenters. The van der Waals surface area contributed by atoms with Gasteiger partial charge < -0.3 is 11.1 Å². The summed E-state index contributed by atoms with van der Waals surface area (Å²) in [6, 6.07) is 9.13. The first-order valence-corrected chi connectivity index (χ1v) is 7.28. The fourth-order valence-electron chi connectivity index (χ4n) is 2.74. The minimum Gasteiger partial charge on any atom is -0.324 e. The van der Waals surface area contributed by atoms with Gasteiger partial charge in [-0.1, -0.05) is 38.1 Å². The Morgan fingerprint density at radius 1 is 1.28 bits per heavy atom. The van der Waals surface area contributed by atoms with Gasteiger partial charge in [0, 0.05) is 6.04 Å². The maximum Gasteiger partial charge on any atom is 0.0335 e. The molecule has 0 aliphatic carbocycles. The van der Waals surface area contributed by atoms with Crippen LogP contribution in [0.3, 0.4) is 0 Å². The van der Waals surface area contributed by atoms with Gasteiger partial charge in [0.15, 0.2) is 0 Å². The first-order chi connectivity index (χ1) is 8.72. The van der Waals surface area contributed by atoms with Gasteiger partial charge in [-0.05, 0) is 55.3 Å². The average molecular weight is 246 g/mol. The summed E-state index contributed by atoms with van der Waals surface area (Å²) >= 11 is 0. The molecule has 18 heavy (non-hydrogen) atoms. The molecule has 1 fully saturated rings. The smallest absolute Gasteiger partial charge is 0.0335 e. The molecule has 1 saturated heterocycles. The van der Waals surface area contributed by atoms with Crippen LogP contribution in [0.15, 0.2) is 24.3 Å². The van der Waals surface area contributed by atoms with Crippen LogP contribution >= 0.6 is 0 Å². The van der Waals surface area contributed by atoms with Crippen molar-refractivity contribution in [2.24, 2.45) is 11.7 Å². The van der Waals surface area contributed by atoms with E-state index in [1.165, 1.54) is 30.4 Å². The molecule has 3 atom stereocenters. The molecule has 1 aliphatic rings. The van der Waals surface area contributed by atoms with Crippen LogP contribution in [-0.4, -0.2) is 13.1 Å². The zero-order chi connectivity index (χ0) is 13.0. The maximum atomic E-state index is 6.39. The summed E-state index contributed by atoms with van der Waals surface area (Å²) in [6.45, 7) is 6.72. The average Bonchev–Trinajstić information content (AvgIpc) is 2.47. The normalized spacial score (nSPS) is 23.6. The first-order valence-electron chi connectivity index (χ1n) is 7.28. The SMILES string of the molecule is CCC(C)c1ccc(C(N)C2CCCNC2)cc1. The van der Waals surface area contributed by atoms with Crippen LogP contribution in [-0.2, 0) is 0 Å². The quantitative estimate of drug-likeness (QED) is 0.856. The Bertz CT molecular complexity index is 352. The van der Waals surface area contributed by atoms with Crippen LogP contribution in [0.25, 0.3) is 0 Å². The monoisotopic (exact) mass is 246 g/mol. The van der Waals surface area contributed by atoms with E-state index in [2.05, 4.69) is 43.4 Å². The highest BCUT2D eigenvalue weighted by Gasteiger charge is 2.21. The van der Waals surface area contributed by atoms with E-state index in [9.17, 15) is 0 Å². The predicted octanol–water partition coefficient (Wildman–Crippen LogP) is 3.20. The van der Waals surface area contributed by atoms with Crippen molar-refractivity contribution in [2.45, 2.75) is 45.1 Å². The molecule has 2 rings (SSSR count). The van der Waals surface area contributed by atoms with E-state index in [0.717, 1.165) is 13.1 Å². The fourth-order valence-corrected chi connectivity index (χ4v) is 2.74. The van der Waals surface area contributed by atoms with Crippen molar-refractivity contribution in [3.05, 3.63) is 35.4 Å². The van der Waals surface area contributed by atoms with Crippen molar-refractivity contribution in [3.8, 4) is 0 Å². The van der Waals surface area contributed by atoms with E-state index in [1.54, 1.807) is 0 Å². The molecule has 0 amide bonds. The van der Waals surface area contributed by atoms with E-state index in [4.69, 9.17) is 5.73 Å². The van der Waals surface area contributed by atoms with Crippen molar-refractivity contribution in [1.82, 2.24) is 5.32 Å². The number of hydrogen-bond donors (Lipinski definition) is 2. The number of benzene rings is 1.